The predicted octanol–water partition coefficient (Wildman–Crippen LogP) is 3.89. The molecule has 1 amide bonds. The van der Waals surface area contributed by atoms with E-state index >= 15 is 0 Å². The van der Waals surface area contributed by atoms with Gasteiger partial charge >= 0.3 is 12.1 Å². The van der Waals surface area contributed by atoms with Gasteiger partial charge in [-0.15, -0.1) is 0 Å². The van der Waals surface area contributed by atoms with E-state index in [4.69, 9.17) is 29.2 Å². The number of amides is 1. The van der Waals surface area contributed by atoms with Gasteiger partial charge in [0, 0.05) is 17.8 Å². The van der Waals surface area contributed by atoms with Crippen LogP contribution < -0.4 is 19.5 Å². The number of anilines is 1. The van der Waals surface area contributed by atoms with Gasteiger partial charge in [0.05, 0.1) is 6.61 Å². The van der Waals surface area contributed by atoms with Crippen molar-refractivity contribution in [1.82, 2.24) is 0 Å². The fraction of sp³-hybridized carbons (Fsp3) is 0.304. The molecule has 1 atom stereocenters. The summed E-state index contributed by atoms with van der Waals surface area (Å²) in [6.07, 6.45) is 3.13. The number of nitrogens with one attached hydrogen (secondary N) is 1. The molecule has 0 bridgehead atoms. The molecule has 1 heterocycles. The van der Waals surface area contributed by atoms with E-state index < -0.39 is 18.2 Å². The first-order chi connectivity index (χ1) is 15.5. The van der Waals surface area contributed by atoms with Gasteiger partial charge in [-0.3, -0.25) is 5.32 Å². The zero-order valence-corrected chi connectivity index (χ0v) is 17.4. The minimum atomic E-state index is -1.00. The normalized spacial score (nSPS) is 13.0. The van der Waals surface area contributed by atoms with Crippen molar-refractivity contribution in [2.24, 2.45) is 0 Å². The zero-order chi connectivity index (χ0) is 22.8. The molecule has 0 unspecified atom stereocenters. The number of aliphatic hydroxyl groups excluding tert-OH is 1. The van der Waals surface area contributed by atoms with Crippen molar-refractivity contribution in [3.8, 4) is 17.2 Å². The lowest BCUT2D eigenvalue weighted by Crippen LogP contribution is -2.17. The van der Waals surface area contributed by atoms with Gasteiger partial charge in [0.15, 0.2) is 11.5 Å². The summed E-state index contributed by atoms with van der Waals surface area (Å²) in [5.74, 6) is 0.748. The number of rotatable bonds is 11. The summed E-state index contributed by atoms with van der Waals surface area (Å²) in [5.41, 5.74) is 1.28. The monoisotopic (exact) mass is 443 g/mol. The van der Waals surface area contributed by atoms with Crippen molar-refractivity contribution < 1.29 is 38.7 Å². The predicted molar refractivity (Wildman–Crippen MR) is 115 cm³/mol. The second-order valence-corrected chi connectivity index (χ2v) is 6.90. The first-order valence-electron chi connectivity index (χ1n) is 10.2. The molecule has 2 aromatic rings. The summed E-state index contributed by atoms with van der Waals surface area (Å²) in [4.78, 5) is 23.1. The highest BCUT2D eigenvalue weighted by Gasteiger charge is 2.19. The lowest BCUT2D eigenvalue weighted by atomic mass is 10.0. The Balaban J connectivity index is 1.63. The molecule has 170 valence electrons. The molecule has 1 aliphatic rings. The molecular weight excluding hydrogens is 418 g/mol. The standard InChI is InChI=1S/C23H25NO8/c25-12-13-29-18-9-6-16(7-10-18)19(4-2-1-3-5-22(26)27)32-23(28)24-17-8-11-20-21(14-17)31-15-30-20/h3,5-11,14,19,25H,1-2,4,12-13,15H2,(H,24,28)(H,26,27)/b5-3+/t19-/m1/s1. The minimum absolute atomic E-state index is 0.0859. The van der Waals surface area contributed by atoms with Crippen LogP contribution in [0.5, 0.6) is 17.2 Å². The van der Waals surface area contributed by atoms with Gasteiger partial charge in [-0.05, 0) is 49.1 Å². The maximum atomic E-state index is 12.5. The van der Waals surface area contributed by atoms with E-state index in [2.05, 4.69) is 5.32 Å². The van der Waals surface area contributed by atoms with Gasteiger partial charge in [0.2, 0.25) is 6.79 Å². The summed E-state index contributed by atoms with van der Waals surface area (Å²) in [6, 6.07) is 12.1. The third kappa shape index (κ3) is 6.92. The number of carbonyl (C=O) groups is 2. The molecule has 0 aliphatic carbocycles. The second kappa shape index (κ2) is 11.6. The van der Waals surface area contributed by atoms with Gasteiger partial charge < -0.3 is 29.2 Å². The Morgan fingerprint density at radius 1 is 1.12 bits per heavy atom. The van der Waals surface area contributed by atoms with Crippen LogP contribution >= 0.6 is 0 Å². The van der Waals surface area contributed by atoms with Crippen molar-refractivity contribution in [3.63, 3.8) is 0 Å². The molecule has 3 rings (SSSR count). The van der Waals surface area contributed by atoms with Gasteiger partial charge in [-0.25, -0.2) is 9.59 Å². The van der Waals surface area contributed by atoms with Crippen LogP contribution in [0.25, 0.3) is 0 Å². The third-order valence-corrected chi connectivity index (χ3v) is 4.58. The number of aliphatic hydroxyl groups is 1. The number of aliphatic carboxylic acids is 1. The van der Waals surface area contributed by atoms with Gasteiger partial charge in [0.25, 0.3) is 0 Å². The van der Waals surface area contributed by atoms with Crippen molar-refractivity contribution in [2.45, 2.75) is 25.4 Å². The first-order valence-corrected chi connectivity index (χ1v) is 10.2. The molecule has 32 heavy (non-hydrogen) atoms. The molecular formula is C23H25NO8. The molecule has 0 aromatic heterocycles. The molecule has 0 saturated carbocycles. The van der Waals surface area contributed by atoms with Gasteiger partial charge in [-0.2, -0.15) is 0 Å². The van der Waals surface area contributed by atoms with E-state index in [-0.39, 0.29) is 20.0 Å². The van der Waals surface area contributed by atoms with E-state index in [9.17, 15) is 9.59 Å². The number of allylic oxidation sites excluding steroid dienone is 1. The van der Waals surface area contributed by atoms with Crippen molar-refractivity contribution in [3.05, 3.63) is 60.2 Å². The largest absolute Gasteiger partial charge is 0.491 e. The molecule has 2 aromatic carbocycles. The van der Waals surface area contributed by atoms with E-state index in [0.717, 1.165) is 11.6 Å². The summed E-state index contributed by atoms with van der Waals surface area (Å²) in [5, 5.41) is 20.3. The molecule has 1 aliphatic heterocycles. The number of fused-ring (bicyclic) bond motifs is 1. The number of benzene rings is 2. The summed E-state index contributed by atoms with van der Waals surface area (Å²) >= 11 is 0. The number of hydrogen-bond donors (Lipinski definition) is 3. The Morgan fingerprint density at radius 2 is 1.91 bits per heavy atom. The number of hydrogen-bond acceptors (Lipinski definition) is 7. The fourth-order valence-electron chi connectivity index (χ4n) is 3.09. The Bertz CT molecular complexity index is 942. The first kappa shape index (κ1) is 23.0. The van der Waals surface area contributed by atoms with Crippen molar-refractivity contribution >= 4 is 17.7 Å². The van der Waals surface area contributed by atoms with Crippen molar-refractivity contribution in [2.75, 3.05) is 25.3 Å². The molecule has 0 saturated heterocycles. The highest BCUT2D eigenvalue weighted by molar-refractivity contribution is 5.85. The van der Waals surface area contributed by atoms with Crippen molar-refractivity contribution in [1.29, 1.82) is 0 Å². The minimum Gasteiger partial charge on any atom is -0.491 e. The highest BCUT2D eigenvalue weighted by Crippen LogP contribution is 2.34. The lowest BCUT2D eigenvalue weighted by molar-refractivity contribution is -0.131. The number of carboxylic acids is 1. The van der Waals surface area contributed by atoms with Gasteiger partial charge in [0.1, 0.15) is 18.5 Å². The van der Waals surface area contributed by atoms with Crippen LogP contribution in [0.4, 0.5) is 10.5 Å². The number of ether oxygens (including phenoxy) is 4. The molecule has 3 N–H and O–H groups in total. The van der Waals surface area contributed by atoms with Crippen LogP contribution in [-0.2, 0) is 9.53 Å². The quantitative estimate of drug-likeness (QED) is 0.353. The molecule has 0 radical (unpaired) electrons. The summed E-state index contributed by atoms with van der Waals surface area (Å²) < 4.78 is 21.6. The number of carbonyl (C=O) groups excluding carboxylic acids is 1. The van der Waals surface area contributed by atoms with Crippen LogP contribution in [0.2, 0.25) is 0 Å². The maximum Gasteiger partial charge on any atom is 0.412 e. The lowest BCUT2D eigenvalue weighted by Gasteiger charge is -2.19. The van der Waals surface area contributed by atoms with Crippen LogP contribution in [0.3, 0.4) is 0 Å². The molecule has 9 nitrogen and oxygen atoms in total. The van der Waals surface area contributed by atoms with E-state index in [1.54, 1.807) is 48.5 Å². The molecule has 0 fully saturated rings. The molecule has 0 spiro atoms. The average Bonchev–Trinajstić information content (AvgIpc) is 3.25. The number of unbranched alkanes of at least 4 members (excludes halogenated alkanes) is 1. The second-order valence-electron chi connectivity index (χ2n) is 6.90. The van der Waals surface area contributed by atoms with Crippen LogP contribution in [0.1, 0.15) is 30.9 Å². The van der Waals surface area contributed by atoms with Crippen LogP contribution in [0, 0.1) is 0 Å². The summed E-state index contributed by atoms with van der Waals surface area (Å²) in [6.45, 7) is 0.240. The highest BCUT2D eigenvalue weighted by atomic mass is 16.7. The Morgan fingerprint density at radius 3 is 2.66 bits per heavy atom. The average molecular weight is 443 g/mol. The Kier molecular flexibility index (Phi) is 8.33. The topological polar surface area (TPSA) is 124 Å². The van der Waals surface area contributed by atoms with E-state index in [1.165, 1.54) is 0 Å². The SMILES string of the molecule is O=C(O)/C=C/CCC[C@@H](OC(=O)Nc1ccc2c(c1)OCO2)c1ccc(OCCO)cc1. The van der Waals surface area contributed by atoms with E-state index in [1.807, 2.05) is 0 Å². The number of carboxylic acid groups (broad SMARTS) is 1. The van der Waals surface area contributed by atoms with Crippen LogP contribution in [-0.4, -0.2) is 42.3 Å². The van der Waals surface area contributed by atoms with E-state index in [0.29, 0.717) is 42.2 Å². The van der Waals surface area contributed by atoms with Gasteiger partial charge in [-0.1, -0.05) is 18.2 Å². The van der Waals surface area contributed by atoms with Crippen LogP contribution in [0.15, 0.2) is 54.6 Å². The third-order valence-electron chi connectivity index (χ3n) is 4.58. The summed E-state index contributed by atoms with van der Waals surface area (Å²) in [7, 11) is 0. The maximum absolute atomic E-state index is 12.5. The fourth-order valence-corrected chi connectivity index (χ4v) is 3.09. The molecule has 9 heteroatoms. The zero-order valence-electron chi connectivity index (χ0n) is 17.4. The Hall–Kier alpha value is -3.72. The smallest absolute Gasteiger partial charge is 0.412 e. The Labute approximate surface area is 185 Å².